The molecule has 1 aliphatic heterocycles. The van der Waals surface area contributed by atoms with Crippen molar-refractivity contribution in [3.63, 3.8) is 0 Å². The molecule has 1 heterocycles. The number of hydrogen-bond donors (Lipinski definition) is 0. The molecule has 1 fully saturated rings. The molecule has 0 bridgehead atoms. The van der Waals surface area contributed by atoms with Gasteiger partial charge in [-0.05, 0) is 13.3 Å². The summed E-state index contributed by atoms with van der Waals surface area (Å²) in [4.78, 5) is 0. The summed E-state index contributed by atoms with van der Waals surface area (Å²) in [6.45, 7) is 5.17. The fourth-order valence-corrected chi connectivity index (χ4v) is 1.30. The highest BCUT2D eigenvalue weighted by Crippen LogP contribution is 2.16. The van der Waals surface area contributed by atoms with Gasteiger partial charge in [-0.25, -0.2) is 0 Å². The van der Waals surface area contributed by atoms with E-state index in [-0.39, 0.29) is 6.29 Å². The van der Waals surface area contributed by atoms with Crippen molar-refractivity contribution in [2.75, 3.05) is 6.61 Å². The number of rotatable bonds is 7. The molecular formula is C10H20O2. The van der Waals surface area contributed by atoms with Crippen molar-refractivity contribution in [2.24, 2.45) is 0 Å². The van der Waals surface area contributed by atoms with Gasteiger partial charge in [-0.15, -0.1) is 0 Å². The van der Waals surface area contributed by atoms with E-state index in [1.165, 1.54) is 32.1 Å². The van der Waals surface area contributed by atoms with Gasteiger partial charge in [0.1, 0.15) is 6.61 Å². The first-order chi connectivity index (χ1) is 5.83. The lowest BCUT2D eigenvalue weighted by Crippen LogP contribution is -2.10. The van der Waals surface area contributed by atoms with Crippen LogP contribution in [0.15, 0.2) is 0 Å². The number of ether oxygens (including phenoxy) is 2. The van der Waals surface area contributed by atoms with Gasteiger partial charge in [-0.3, -0.25) is 0 Å². The molecule has 2 unspecified atom stereocenters. The van der Waals surface area contributed by atoms with Gasteiger partial charge in [-0.2, -0.15) is 0 Å². The summed E-state index contributed by atoms with van der Waals surface area (Å²) in [7, 11) is 0. The Balaban J connectivity index is 1.83. The standard InChI is InChI=1S/C10H20O2/c1-3-4-5-6-7-9(2)12-10-8-11-10/h9-10H,3-8H2,1-2H3. The van der Waals surface area contributed by atoms with E-state index in [1.54, 1.807) is 0 Å². The second-order valence-electron chi connectivity index (χ2n) is 3.56. The maximum atomic E-state index is 5.52. The van der Waals surface area contributed by atoms with Gasteiger partial charge in [0.15, 0.2) is 6.29 Å². The van der Waals surface area contributed by atoms with E-state index < -0.39 is 0 Å². The molecule has 72 valence electrons. The van der Waals surface area contributed by atoms with Crippen molar-refractivity contribution in [2.45, 2.75) is 58.3 Å². The third kappa shape index (κ3) is 4.73. The zero-order chi connectivity index (χ0) is 8.81. The molecule has 0 N–H and O–H groups in total. The average Bonchev–Trinajstić information content (AvgIpc) is 2.82. The Kier molecular flexibility index (Phi) is 4.62. The summed E-state index contributed by atoms with van der Waals surface area (Å²) in [6, 6.07) is 0. The Hall–Kier alpha value is -0.0800. The highest BCUT2D eigenvalue weighted by atomic mass is 16.8. The van der Waals surface area contributed by atoms with Crippen molar-refractivity contribution >= 4 is 0 Å². The SMILES string of the molecule is CCCCCCC(C)OC1CO1. The lowest BCUT2D eigenvalue weighted by molar-refractivity contribution is -0.00625. The maximum absolute atomic E-state index is 5.52. The Morgan fingerprint density at radius 2 is 2.17 bits per heavy atom. The van der Waals surface area contributed by atoms with E-state index in [1.807, 2.05) is 0 Å². The van der Waals surface area contributed by atoms with Gasteiger partial charge >= 0.3 is 0 Å². The number of unbranched alkanes of at least 4 members (excludes halogenated alkanes) is 3. The van der Waals surface area contributed by atoms with Crippen LogP contribution >= 0.6 is 0 Å². The predicted molar refractivity (Wildman–Crippen MR) is 49.0 cm³/mol. The van der Waals surface area contributed by atoms with Crippen LogP contribution in [0.1, 0.15) is 46.0 Å². The molecule has 0 aliphatic carbocycles. The zero-order valence-corrected chi connectivity index (χ0v) is 8.21. The van der Waals surface area contributed by atoms with Crippen molar-refractivity contribution in [3.05, 3.63) is 0 Å². The predicted octanol–water partition coefficient (Wildman–Crippen LogP) is 2.72. The van der Waals surface area contributed by atoms with E-state index >= 15 is 0 Å². The van der Waals surface area contributed by atoms with Crippen LogP contribution in [0, 0.1) is 0 Å². The Morgan fingerprint density at radius 1 is 1.42 bits per heavy atom. The van der Waals surface area contributed by atoms with Crippen molar-refractivity contribution in [3.8, 4) is 0 Å². The van der Waals surface area contributed by atoms with Gasteiger partial charge in [0.25, 0.3) is 0 Å². The van der Waals surface area contributed by atoms with Crippen molar-refractivity contribution in [1.82, 2.24) is 0 Å². The van der Waals surface area contributed by atoms with Crippen LogP contribution in [0.5, 0.6) is 0 Å². The first kappa shape index (κ1) is 10.0. The minimum Gasteiger partial charge on any atom is -0.347 e. The first-order valence-corrected chi connectivity index (χ1v) is 5.10. The number of epoxide rings is 1. The van der Waals surface area contributed by atoms with Crippen LogP contribution < -0.4 is 0 Å². The fraction of sp³-hybridized carbons (Fsp3) is 1.00. The summed E-state index contributed by atoms with van der Waals surface area (Å²) in [6.07, 6.45) is 6.99. The van der Waals surface area contributed by atoms with Gasteiger partial charge in [0.05, 0.1) is 6.10 Å². The summed E-state index contributed by atoms with van der Waals surface area (Å²) < 4.78 is 10.5. The molecule has 0 amide bonds. The second-order valence-corrected chi connectivity index (χ2v) is 3.56. The van der Waals surface area contributed by atoms with Gasteiger partial charge in [-0.1, -0.05) is 32.6 Å². The third-order valence-corrected chi connectivity index (χ3v) is 2.15. The molecule has 1 aliphatic rings. The highest BCUT2D eigenvalue weighted by molar-refractivity contribution is 4.60. The van der Waals surface area contributed by atoms with Crippen LogP contribution in [0.4, 0.5) is 0 Å². The Labute approximate surface area is 75.2 Å². The van der Waals surface area contributed by atoms with E-state index in [9.17, 15) is 0 Å². The topological polar surface area (TPSA) is 21.8 Å². The van der Waals surface area contributed by atoms with E-state index in [2.05, 4.69) is 13.8 Å². The van der Waals surface area contributed by atoms with Crippen LogP contribution in [-0.2, 0) is 9.47 Å². The molecule has 0 radical (unpaired) electrons. The van der Waals surface area contributed by atoms with Crippen LogP contribution in [0.3, 0.4) is 0 Å². The van der Waals surface area contributed by atoms with Crippen LogP contribution in [-0.4, -0.2) is 19.0 Å². The third-order valence-electron chi connectivity index (χ3n) is 2.15. The first-order valence-electron chi connectivity index (χ1n) is 5.10. The monoisotopic (exact) mass is 172 g/mol. The normalized spacial score (nSPS) is 24.0. The molecule has 2 nitrogen and oxygen atoms in total. The molecule has 2 heteroatoms. The summed E-state index contributed by atoms with van der Waals surface area (Å²) >= 11 is 0. The van der Waals surface area contributed by atoms with Crippen LogP contribution in [0.2, 0.25) is 0 Å². The Morgan fingerprint density at radius 3 is 2.75 bits per heavy atom. The number of hydrogen-bond acceptors (Lipinski definition) is 2. The molecule has 2 atom stereocenters. The van der Waals surface area contributed by atoms with Crippen LogP contribution in [0.25, 0.3) is 0 Å². The lowest BCUT2D eigenvalue weighted by Gasteiger charge is -2.09. The van der Waals surface area contributed by atoms with Gasteiger partial charge in [0.2, 0.25) is 0 Å². The van der Waals surface area contributed by atoms with Gasteiger partial charge in [0, 0.05) is 0 Å². The van der Waals surface area contributed by atoms with E-state index in [4.69, 9.17) is 9.47 Å². The molecule has 0 spiro atoms. The maximum Gasteiger partial charge on any atom is 0.181 e. The molecule has 0 aromatic carbocycles. The molecular weight excluding hydrogens is 152 g/mol. The summed E-state index contributed by atoms with van der Waals surface area (Å²) in [5.74, 6) is 0. The Bertz CT molecular complexity index is 110. The smallest absolute Gasteiger partial charge is 0.181 e. The molecule has 0 aromatic rings. The van der Waals surface area contributed by atoms with Gasteiger partial charge < -0.3 is 9.47 Å². The molecule has 0 saturated carbocycles. The minimum absolute atomic E-state index is 0.131. The zero-order valence-electron chi connectivity index (χ0n) is 8.21. The average molecular weight is 172 g/mol. The van der Waals surface area contributed by atoms with E-state index in [0.29, 0.717) is 6.10 Å². The summed E-state index contributed by atoms with van der Waals surface area (Å²) in [5.41, 5.74) is 0. The minimum atomic E-state index is 0.131. The van der Waals surface area contributed by atoms with Crippen molar-refractivity contribution < 1.29 is 9.47 Å². The molecule has 12 heavy (non-hydrogen) atoms. The summed E-state index contributed by atoms with van der Waals surface area (Å²) in [5, 5.41) is 0. The fourth-order valence-electron chi connectivity index (χ4n) is 1.30. The van der Waals surface area contributed by atoms with E-state index in [0.717, 1.165) is 6.61 Å². The largest absolute Gasteiger partial charge is 0.347 e. The lowest BCUT2D eigenvalue weighted by atomic mass is 10.1. The second kappa shape index (κ2) is 5.55. The molecule has 1 rings (SSSR count). The quantitative estimate of drug-likeness (QED) is 0.435. The highest BCUT2D eigenvalue weighted by Gasteiger charge is 2.25. The molecule has 0 aromatic heterocycles. The molecule has 1 saturated heterocycles. The van der Waals surface area contributed by atoms with Crippen molar-refractivity contribution in [1.29, 1.82) is 0 Å².